The fourth-order valence-corrected chi connectivity index (χ4v) is 2.39. The second-order valence-electron chi connectivity index (χ2n) is 7.17. The predicted molar refractivity (Wildman–Crippen MR) is 87.7 cm³/mol. The van der Waals surface area contributed by atoms with E-state index >= 15 is 0 Å². The Labute approximate surface area is 122 Å². The van der Waals surface area contributed by atoms with Crippen molar-refractivity contribution < 1.29 is 0 Å². The molecule has 0 unspecified atom stereocenters. The lowest BCUT2D eigenvalue weighted by Gasteiger charge is -2.33. The molecule has 2 heteroatoms. The Kier molecular flexibility index (Phi) is 10.6. The second kappa shape index (κ2) is 10.7. The van der Waals surface area contributed by atoms with E-state index in [1.54, 1.807) is 0 Å². The molecule has 2 nitrogen and oxygen atoms in total. The molecule has 0 radical (unpaired) electrons. The zero-order valence-corrected chi connectivity index (χ0v) is 14.4. The van der Waals surface area contributed by atoms with Gasteiger partial charge in [0.15, 0.2) is 0 Å². The highest BCUT2D eigenvalue weighted by atomic mass is 15.1. The number of unbranched alkanes of at least 4 members (excludes halogenated alkanes) is 2. The lowest BCUT2D eigenvalue weighted by Crippen LogP contribution is -2.42. The Morgan fingerprint density at radius 1 is 1.00 bits per heavy atom. The van der Waals surface area contributed by atoms with Crippen LogP contribution in [0.2, 0.25) is 0 Å². The van der Waals surface area contributed by atoms with Crippen molar-refractivity contribution in [1.82, 2.24) is 10.2 Å². The van der Waals surface area contributed by atoms with Crippen LogP contribution in [-0.2, 0) is 0 Å². The van der Waals surface area contributed by atoms with Crippen LogP contribution >= 0.6 is 0 Å². The molecule has 0 saturated heterocycles. The van der Waals surface area contributed by atoms with E-state index < -0.39 is 0 Å². The molecule has 0 aromatic carbocycles. The van der Waals surface area contributed by atoms with Crippen molar-refractivity contribution in [3.8, 4) is 0 Å². The third-order valence-corrected chi connectivity index (χ3v) is 3.46. The summed E-state index contributed by atoms with van der Waals surface area (Å²) < 4.78 is 0. The zero-order valence-electron chi connectivity index (χ0n) is 14.4. The zero-order chi connectivity index (χ0) is 14.7. The molecule has 0 aliphatic heterocycles. The highest BCUT2D eigenvalue weighted by molar-refractivity contribution is 4.77. The lowest BCUT2D eigenvalue weighted by atomic mass is 9.92. The Bertz CT molecular complexity index is 191. The van der Waals surface area contributed by atoms with Crippen molar-refractivity contribution in [1.29, 1.82) is 0 Å². The summed E-state index contributed by atoms with van der Waals surface area (Å²) in [6, 6.07) is 0. The van der Waals surface area contributed by atoms with Crippen molar-refractivity contribution in [3.63, 3.8) is 0 Å². The van der Waals surface area contributed by atoms with Crippen LogP contribution in [0.1, 0.15) is 67.2 Å². The van der Waals surface area contributed by atoms with Crippen LogP contribution < -0.4 is 5.32 Å². The maximum absolute atomic E-state index is 3.62. The second-order valence-corrected chi connectivity index (χ2v) is 7.17. The predicted octanol–water partition coefficient (Wildman–Crippen LogP) is 4.16. The van der Waals surface area contributed by atoms with Gasteiger partial charge in [-0.25, -0.2) is 0 Å². The smallest absolute Gasteiger partial charge is 0.00448 e. The summed E-state index contributed by atoms with van der Waals surface area (Å²) in [5.41, 5.74) is 0.371. The van der Waals surface area contributed by atoms with Gasteiger partial charge < -0.3 is 10.2 Å². The van der Waals surface area contributed by atoms with E-state index in [9.17, 15) is 0 Å². The van der Waals surface area contributed by atoms with Gasteiger partial charge in [-0.3, -0.25) is 0 Å². The minimum atomic E-state index is 0.371. The fraction of sp³-hybridized carbons (Fsp3) is 1.00. The van der Waals surface area contributed by atoms with Crippen molar-refractivity contribution in [2.45, 2.75) is 67.2 Å². The molecule has 0 spiro atoms. The van der Waals surface area contributed by atoms with Gasteiger partial charge in [-0.05, 0) is 43.8 Å². The van der Waals surface area contributed by atoms with Crippen molar-refractivity contribution in [2.75, 3.05) is 32.7 Å². The third-order valence-electron chi connectivity index (χ3n) is 3.46. The minimum absolute atomic E-state index is 0.371. The monoisotopic (exact) mass is 270 g/mol. The Morgan fingerprint density at radius 2 is 1.53 bits per heavy atom. The Balaban J connectivity index is 4.11. The molecule has 0 aromatic rings. The minimum Gasteiger partial charge on any atom is -0.316 e. The van der Waals surface area contributed by atoms with Gasteiger partial charge in [0.05, 0.1) is 0 Å². The van der Waals surface area contributed by atoms with Gasteiger partial charge in [-0.15, -0.1) is 0 Å². The molecule has 0 heterocycles. The number of rotatable bonds is 12. The lowest BCUT2D eigenvalue weighted by molar-refractivity contribution is 0.169. The number of hydrogen-bond acceptors (Lipinski definition) is 2. The average Bonchev–Trinajstić information content (AvgIpc) is 2.31. The molecule has 0 amide bonds. The molecule has 1 N–H and O–H groups in total. The molecule has 19 heavy (non-hydrogen) atoms. The first-order valence-electron chi connectivity index (χ1n) is 8.34. The summed E-state index contributed by atoms with van der Waals surface area (Å²) >= 11 is 0. The van der Waals surface area contributed by atoms with Gasteiger partial charge in [0, 0.05) is 13.1 Å². The van der Waals surface area contributed by atoms with E-state index in [4.69, 9.17) is 0 Å². The van der Waals surface area contributed by atoms with Gasteiger partial charge in [-0.2, -0.15) is 0 Å². The SMILES string of the molecule is CCCCN(CCCC)CC(C)(C)CNCC(C)C. The van der Waals surface area contributed by atoms with Crippen LogP contribution in [0.15, 0.2) is 0 Å². The van der Waals surface area contributed by atoms with Gasteiger partial charge in [0.1, 0.15) is 0 Å². The maximum atomic E-state index is 3.62. The molecule has 116 valence electrons. The van der Waals surface area contributed by atoms with Crippen molar-refractivity contribution in [3.05, 3.63) is 0 Å². The van der Waals surface area contributed by atoms with Crippen LogP contribution in [0.3, 0.4) is 0 Å². The molecule has 0 aliphatic rings. The quantitative estimate of drug-likeness (QED) is 0.573. The molecule has 0 aromatic heterocycles. The van der Waals surface area contributed by atoms with Gasteiger partial charge in [-0.1, -0.05) is 54.4 Å². The Hall–Kier alpha value is -0.0800. The normalized spacial score (nSPS) is 12.6. The first kappa shape index (κ1) is 18.9. The van der Waals surface area contributed by atoms with E-state index in [0.717, 1.165) is 19.0 Å². The molecular weight excluding hydrogens is 232 g/mol. The molecule has 0 rings (SSSR count). The summed E-state index contributed by atoms with van der Waals surface area (Å²) in [6.45, 7) is 19.9. The number of nitrogens with one attached hydrogen (secondary N) is 1. The van der Waals surface area contributed by atoms with Crippen LogP contribution in [0.4, 0.5) is 0 Å². The first-order valence-corrected chi connectivity index (χ1v) is 8.34. The molecule has 0 atom stereocenters. The van der Waals surface area contributed by atoms with E-state index in [-0.39, 0.29) is 0 Å². The molecule has 0 bridgehead atoms. The third kappa shape index (κ3) is 11.4. The summed E-state index contributed by atoms with van der Waals surface area (Å²) in [4.78, 5) is 2.67. The van der Waals surface area contributed by atoms with Crippen LogP contribution in [0, 0.1) is 11.3 Å². The summed E-state index contributed by atoms with van der Waals surface area (Å²) in [5.74, 6) is 0.743. The average molecular weight is 271 g/mol. The summed E-state index contributed by atoms with van der Waals surface area (Å²) in [6.07, 6.45) is 5.27. The van der Waals surface area contributed by atoms with E-state index in [1.165, 1.54) is 45.3 Å². The highest BCUT2D eigenvalue weighted by Crippen LogP contribution is 2.17. The summed E-state index contributed by atoms with van der Waals surface area (Å²) in [7, 11) is 0. The largest absolute Gasteiger partial charge is 0.316 e. The van der Waals surface area contributed by atoms with Crippen LogP contribution in [-0.4, -0.2) is 37.6 Å². The number of nitrogens with zero attached hydrogens (tertiary/aromatic N) is 1. The van der Waals surface area contributed by atoms with E-state index in [0.29, 0.717) is 5.41 Å². The fourth-order valence-electron chi connectivity index (χ4n) is 2.39. The maximum Gasteiger partial charge on any atom is 0.00448 e. The molecular formula is C17H38N2. The highest BCUT2D eigenvalue weighted by Gasteiger charge is 2.21. The molecule has 0 fully saturated rings. The van der Waals surface area contributed by atoms with Gasteiger partial charge >= 0.3 is 0 Å². The molecule has 0 aliphatic carbocycles. The topological polar surface area (TPSA) is 15.3 Å². The summed E-state index contributed by atoms with van der Waals surface area (Å²) in [5, 5.41) is 3.62. The van der Waals surface area contributed by atoms with Crippen LogP contribution in [0.25, 0.3) is 0 Å². The standard InChI is InChI=1S/C17H38N2/c1-7-9-11-19(12-10-8-2)15-17(5,6)14-18-13-16(3)4/h16,18H,7-15H2,1-6H3. The molecule has 0 saturated carbocycles. The van der Waals surface area contributed by atoms with Crippen LogP contribution in [0.5, 0.6) is 0 Å². The van der Waals surface area contributed by atoms with E-state index in [1.807, 2.05) is 0 Å². The first-order chi connectivity index (χ1) is 8.91. The van der Waals surface area contributed by atoms with Crippen molar-refractivity contribution in [2.24, 2.45) is 11.3 Å². The van der Waals surface area contributed by atoms with Gasteiger partial charge in [0.2, 0.25) is 0 Å². The Morgan fingerprint density at radius 3 is 1.95 bits per heavy atom. The van der Waals surface area contributed by atoms with E-state index in [2.05, 4.69) is 51.8 Å². The van der Waals surface area contributed by atoms with Crippen molar-refractivity contribution >= 4 is 0 Å². The van der Waals surface area contributed by atoms with Gasteiger partial charge in [0.25, 0.3) is 0 Å². The number of hydrogen-bond donors (Lipinski definition) is 1.